The van der Waals surface area contributed by atoms with E-state index in [0.717, 1.165) is 37.2 Å². The van der Waals surface area contributed by atoms with E-state index >= 15 is 0 Å². The molecule has 7 heteroatoms. The molecule has 30 heavy (non-hydrogen) atoms. The lowest BCUT2D eigenvalue weighted by Crippen LogP contribution is -2.45. The van der Waals surface area contributed by atoms with Crippen LogP contribution in [0.3, 0.4) is 0 Å². The number of nitrogens with one attached hydrogen (secondary N) is 1. The molecule has 0 bridgehead atoms. The highest BCUT2D eigenvalue weighted by atomic mass is 32.1. The third-order valence-corrected chi connectivity index (χ3v) is 6.48. The predicted octanol–water partition coefficient (Wildman–Crippen LogP) is 4.87. The monoisotopic (exact) mass is 424 g/mol. The summed E-state index contributed by atoms with van der Waals surface area (Å²) in [5.41, 5.74) is 1.76. The summed E-state index contributed by atoms with van der Waals surface area (Å²) in [4.78, 5) is 14.5. The molecule has 0 aliphatic carbocycles. The number of likely N-dealkylation sites (tertiary alicyclic amines) is 1. The Morgan fingerprint density at radius 3 is 2.77 bits per heavy atom. The van der Waals surface area contributed by atoms with E-state index in [0.29, 0.717) is 23.7 Å². The maximum Gasteiger partial charge on any atom is 0.317 e. The van der Waals surface area contributed by atoms with Crippen molar-refractivity contribution < 1.29 is 9.18 Å². The lowest BCUT2D eigenvalue weighted by molar-refractivity contribution is 0.179. The first kappa shape index (κ1) is 20.5. The molecule has 0 saturated carbocycles. The van der Waals surface area contributed by atoms with E-state index in [1.54, 1.807) is 18.2 Å². The standard InChI is InChI=1S/C23H25FN4OS/c24-20-13-5-4-12-19(20)22-27-26-21(30-22)18-11-7-15-28(16-18)23(29)25-14-6-10-17-8-2-1-3-9-17/h1-5,8-9,12-13,18H,6-7,10-11,14-16H2,(H,25,29). The Balaban J connectivity index is 1.30. The van der Waals surface area contributed by atoms with Crippen molar-refractivity contribution in [3.05, 3.63) is 71.0 Å². The molecule has 3 aromatic rings. The fraction of sp³-hybridized carbons (Fsp3) is 0.348. The van der Waals surface area contributed by atoms with Crippen LogP contribution in [0.1, 0.15) is 35.8 Å². The van der Waals surface area contributed by atoms with Crippen LogP contribution in [0.2, 0.25) is 0 Å². The second-order valence-electron chi connectivity index (χ2n) is 7.53. The molecule has 1 N–H and O–H groups in total. The van der Waals surface area contributed by atoms with Gasteiger partial charge >= 0.3 is 6.03 Å². The van der Waals surface area contributed by atoms with Crippen LogP contribution < -0.4 is 5.32 Å². The van der Waals surface area contributed by atoms with Crippen molar-refractivity contribution in [2.75, 3.05) is 19.6 Å². The molecule has 2 heterocycles. The van der Waals surface area contributed by atoms with Gasteiger partial charge in [0.2, 0.25) is 0 Å². The minimum Gasteiger partial charge on any atom is -0.338 e. The smallest absolute Gasteiger partial charge is 0.317 e. The van der Waals surface area contributed by atoms with Gasteiger partial charge in [-0.25, -0.2) is 9.18 Å². The fourth-order valence-electron chi connectivity index (χ4n) is 3.75. The van der Waals surface area contributed by atoms with Crippen molar-refractivity contribution in [1.82, 2.24) is 20.4 Å². The van der Waals surface area contributed by atoms with E-state index in [2.05, 4.69) is 27.6 Å². The molecule has 1 atom stereocenters. The summed E-state index contributed by atoms with van der Waals surface area (Å²) in [5, 5.41) is 13.0. The summed E-state index contributed by atoms with van der Waals surface area (Å²) >= 11 is 1.42. The van der Waals surface area contributed by atoms with Crippen molar-refractivity contribution in [3.8, 4) is 10.6 Å². The molecular formula is C23H25FN4OS. The molecule has 1 fully saturated rings. The van der Waals surface area contributed by atoms with E-state index in [-0.39, 0.29) is 17.8 Å². The van der Waals surface area contributed by atoms with Gasteiger partial charge in [-0.2, -0.15) is 0 Å². The molecular weight excluding hydrogens is 399 g/mol. The van der Waals surface area contributed by atoms with Crippen LogP contribution in [0.4, 0.5) is 9.18 Å². The van der Waals surface area contributed by atoms with Crippen molar-refractivity contribution in [2.24, 2.45) is 0 Å². The number of carbonyl (C=O) groups excluding carboxylic acids is 1. The number of piperidine rings is 1. The number of aryl methyl sites for hydroxylation is 1. The average Bonchev–Trinajstić information content (AvgIpc) is 3.28. The SMILES string of the molecule is O=C(NCCCc1ccccc1)N1CCCC(c2nnc(-c3ccccc3F)s2)C1. The highest BCUT2D eigenvalue weighted by molar-refractivity contribution is 7.14. The molecule has 1 aromatic heterocycles. The van der Waals surface area contributed by atoms with Gasteiger partial charge in [-0.05, 0) is 43.4 Å². The van der Waals surface area contributed by atoms with Gasteiger partial charge in [-0.15, -0.1) is 10.2 Å². The Kier molecular flexibility index (Phi) is 6.69. The summed E-state index contributed by atoms with van der Waals surface area (Å²) in [6.07, 6.45) is 3.75. The minimum atomic E-state index is -0.291. The number of hydrogen-bond acceptors (Lipinski definition) is 4. The quantitative estimate of drug-likeness (QED) is 0.575. The number of hydrogen-bond donors (Lipinski definition) is 1. The van der Waals surface area contributed by atoms with Gasteiger partial charge in [-0.3, -0.25) is 0 Å². The predicted molar refractivity (Wildman–Crippen MR) is 117 cm³/mol. The third kappa shape index (κ3) is 5.02. The van der Waals surface area contributed by atoms with Gasteiger partial charge in [0.15, 0.2) is 5.01 Å². The normalized spacial score (nSPS) is 16.4. The van der Waals surface area contributed by atoms with Gasteiger partial charge in [0.1, 0.15) is 10.8 Å². The summed E-state index contributed by atoms with van der Waals surface area (Å²) in [7, 11) is 0. The molecule has 0 spiro atoms. The van der Waals surface area contributed by atoms with Gasteiger partial charge in [0.05, 0.1) is 0 Å². The Morgan fingerprint density at radius 1 is 1.13 bits per heavy atom. The Labute approximate surface area is 180 Å². The molecule has 4 rings (SSSR count). The lowest BCUT2D eigenvalue weighted by atomic mass is 9.99. The van der Waals surface area contributed by atoms with Gasteiger partial charge in [-0.1, -0.05) is 53.8 Å². The van der Waals surface area contributed by atoms with Gasteiger partial charge < -0.3 is 10.2 Å². The third-order valence-electron chi connectivity index (χ3n) is 5.36. The molecule has 5 nitrogen and oxygen atoms in total. The van der Waals surface area contributed by atoms with Crippen LogP contribution in [0.5, 0.6) is 0 Å². The molecule has 156 valence electrons. The fourth-order valence-corrected chi connectivity index (χ4v) is 4.75. The first-order chi connectivity index (χ1) is 14.7. The zero-order valence-electron chi connectivity index (χ0n) is 16.8. The van der Waals surface area contributed by atoms with Crippen molar-refractivity contribution in [1.29, 1.82) is 0 Å². The topological polar surface area (TPSA) is 58.1 Å². The van der Waals surface area contributed by atoms with Crippen LogP contribution in [0.15, 0.2) is 54.6 Å². The largest absolute Gasteiger partial charge is 0.338 e. The Hall–Kier alpha value is -2.80. The van der Waals surface area contributed by atoms with Crippen molar-refractivity contribution in [2.45, 2.75) is 31.6 Å². The zero-order chi connectivity index (χ0) is 20.8. The molecule has 1 aliphatic rings. The van der Waals surface area contributed by atoms with E-state index in [9.17, 15) is 9.18 Å². The van der Waals surface area contributed by atoms with Gasteiger partial charge in [0, 0.05) is 31.1 Å². The second kappa shape index (κ2) is 9.80. The van der Waals surface area contributed by atoms with Crippen molar-refractivity contribution >= 4 is 17.4 Å². The first-order valence-electron chi connectivity index (χ1n) is 10.4. The minimum absolute atomic E-state index is 0.0217. The van der Waals surface area contributed by atoms with Crippen LogP contribution >= 0.6 is 11.3 Å². The van der Waals surface area contributed by atoms with E-state index in [4.69, 9.17) is 0 Å². The number of aromatic nitrogens is 2. The summed E-state index contributed by atoms with van der Waals surface area (Å²) in [5.74, 6) is -0.146. The summed E-state index contributed by atoms with van der Waals surface area (Å²) < 4.78 is 14.0. The number of urea groups is 1. The van der Waals surface area contributed by atoms with Crippen LogP contribution in [-0.4, -0.2) is 40.8 Å². The number of nitrogens with zero attached hydrogens (tertiary/aromatic N) is 3. The number of amides is 2. The number of halogens is 1. The lowest BCUT2D eigenvalue weighted by Gasteiger charge is -2.31. The maximum atomic E-state index is 14.0. The summed E-state index contributed by atoms with van der Waals surface area (Å²) in [6.45, 7) is 2.03. The molecule has 0 radical (unpaired) electrons. The number of carbonyl (C=O) groups is 1. The van der Waals surface area contributed by atoms with E-state index in [1.807, 2.05) is 23.1 Å². The molecule has 1 unspecified atom stereocenters. The summed E-state index contributed by atoms with van der Waals surface area (Å²) in [6, 6.07) is 16.9. The number of benzene rings is 2. The molecule has 1 aliphatic heterocycles. The number of rotatable bonds is 6. The zero-order valence-corrected chi connectivity index (χ0v) is 17.6. The van der Waals surface area contributed by atoms with Crippen LogP contribution in [0.25, 0.3) is 10.6 Å². The molecule has 2 aromatic carbocycles. The second-order valence-corrected chi connectivity index (χ2v) is 8.54. The average molecular weight is 425 g/mol. The van der Waals surface area contributed by atoms with Crippen LogP contribution in [0, 0.1) is 5.82 Å². The maximum absolute atomic E-state index is 14.0. The van der Waals surface area contributed by atoms with E-state index in [1.165, 1.54) is 23.0 Å². The molecule has 1 saturated heterocycles. The van der Waals surface area contributed by atoms with Crippen LogP contribution in [-0.2, 0) is 6.42 Å². The van der Waals surface area contributed by atoms with E-state index < -0.39 is 0 Å². The van der Waals surface area contributed by atoms with Gasteiger partial charge in [0.25, 0.3) is 0 Å². The molecule has 2 amide bonds. The highest BCUT2D eigenvalue weighted by Crippen LogP contribution is 2.33. The Bertz CT molecular complexity index is 978. The highest BCUT2D eigenvalue weighted by Gasteiger charge is 2.27. The first-order valence-corrected chi connectivity index (χ1v) is 11.2. The van der Waals surface area contributed by atoms with Crippen molar-refractivity contribution in [3.63, 3.8) is 0 Å². The Morgan fingerprint density at radius 2 is 1.93 bits per heavy atom.